The minimum absolute atomic E-state index is 0.176. The molecule has 0 fully saturated rings. The van der Waals surface area contributed by atoms with E-state index in [-0.39, 0.29) is 5.69 Å². The molecule has 0 radical (unpaired) electrons. The molecule has 1 aromatic carbocycles. The summed E-state index contributed by atoms with van der Waals surface area (Å²) in [5.41, 5.74) is -1.80. The molecular formula is C9H3F3N2O. The number of rotatable bonds is 1. The third kappa shape index (κ3) is 2.42. The van der Waals surface area contributed by atoms with E-state index < -0.39 is 17.4 Å². The van der Waals surface area contributed by atoms with Crippen LogP contribution in [0.1, 0.15) is 5.56 Å². The van der Waals surface area contributed by atoms with Gasteiger partial charge >= 0.3 is 6.18 Å². The highest BCUT2D eigenvalue weighted by Crippen LogP contribution is 2.38. The van der Waals surface area contributed by atoms with Gasteiger partial charge in [0.2, 0.25) is 6.08 Å². The summed E-state index contributed by atoms with van der Waals surface area (Å²) in [5.74, 6) is 0. The normalized spacial score (nSPS) is 10.3. The molecule has 0 saturated carbocycles. The molecular weight excluding hydrogens is 209 g/mol. The van der Waals surface area contributed by atoms with Gasteiger partial charge in [-0.05, 0) is 12.1 Å². The van der Waals surface area contributed by atoms with Crippen LogP contribution in [0.2, 0.25) is 0 Å². The zero-order valence-electron chi connectivity index (χ0n) is 7.17. The molecule has 0 amide bonds. The van der Waals surface area contributed by atoms with Crippen LogP contribution in [0.25, 0.3) is 4.85 Å². The van der Waals surface area contributed by atoms with Crippen molar-refractivity contribution in [1.82, 2.24) is 0 Å². The molecule has 3 nitrogen and oxygen atoms in total. The van der Waals surface area contributed by atoms with Crippen LogP contribution >= 0.6 is 0 Å². The van der Waals surface area contributed by atoms with E-state index in [9.17, 15) is 18.0 Å². The largest absolute Gasteiger partial charge is 0.407 e. The molecule has 0 atom stereocenters. The highest BCUT2D eigenvalue weighted by atomic mass is 19.4. The van der Waals surface area contributed by atoms with E-state index in [4.69, 9.17) is 6.57 Å². The Morgan fingerprint density at radius 2 is 2.07 bits per heavy atom. The first-order valence-corrected chi connectivity index (χ1v) is 3.65. The third-order valence-corrected chi connectivity index (χ3v) is 1.58. The van der Waals surface area contributed by atoms with Crippen LogP contribution in [0.4, 0.5) is 24.5 Å². The minimum Gasteiger partial charge on any atom is -0.238 e. The fourth-order valence-electron chi connectivity index (χ4n) is 0.971. The van der Waals surface area contributed by atoms with Crippen molar-refractivity contribution in [3.05, 3.63) is 35.2 Å². The Kier molecular flexibility index (Phi) is 2.88. The highest BCUT2D eigenvalue weighted by molar-refractivity contribution is 5.61. The Morgan fingerprint density at radius 3 is 2.53 bits per heavy atom. The Morgan fingerprint density at radius 1 is 1.40 bits per heavy atom. The number of hydrogen-bond donors (Lipinski definition) is 0. The van der Waals surface area contributed by atoms with Gasteiger partial charge in [-0.15, -0.1) is 0 Å². The molecule has 0 heterocycles. The SMILES string of the molecule is [C-]#[N+]c1ccc(N=C=O)cc1C(F)(F)F. The fourth-order valence-corrected chi connectivity index (χ4v) is 0.971. The minimum atomic E-state index is -4.63. The smallest absolute Gasteiger partial charge is 0.238 e. The second-order valence-electron chi connectivity index (χ2n) is 2.51. The van der Waals surface area contributed by atoms with Gasteiger partial charge in [-0.2, -0.15) is 18.2 Å². The average molecular weight is 212 g/mol. The highest BCUT2D eigenvalue weighted by Gasteiger charge is 2.33. The fraction of sp³-hybridized carbons (Fsp3) is 0.111. The summed E-state index contributed by atoms with van der Waals surface area (Å²) in [7, 11) is 0. The van der Waals surface area contributed by atoms with E-state index in [1.807, 2.05) is 0 Å². The van der Waals surface area contributed by atoms with Crippen molar-refractivity contribution in [1.29, 1.82) is 0 Å². The zero-order valence-corrected chi connectivity index (χ0v) is 7.17. The molecule has 0 unspecified atom stereocenters. The Labute approximate surface area is 82.7 Å². The summed E-state index contributed by atoms with van der Waals surface area (Å²) in [6, 6.07) is 2.75. The molecule has 1 aromatic rings. The van der Waals surface area contributed by atoms with Crippen LogP contribution in [0, 0.1) is 6.57 Å². The van der Waals surface area contributed by atoms with Gasteiger partial charge in [0, 0.05) is 0 Å². The van der Waals surface area contributed by atoms with Crippen LogP contribution < -0.4 is 0 Å². The van der Waals surface area contributed by atoms with Crippen molar-refractivity contribution >= 4 is 17.5 Å². The summed E-state index contributed by atoms with van der Waals surface area (Å²) in [4.78, 5) is 15.6. The molecule has 0 aliphatic heterocycles. The van der Waals surface area contributed by atoms with Gasteiger partial charge in [-0.1, -0.05) is 6.07 Å². The van der Waals surface area contributed by atoms with E-state index in [1.54, 1.807) is 0 Å². The van der Waals surface area contributed by atoms with E-state index in [1.165, 1.54) is 0 Å². The van der Waals surface area contributed by atoms with Crippen molar-refractivity contribution < 1.29 is 18.0 Å². The quantitative estimate of drug-likeness (QED) is 0.399. The first-order valence-electron chi connectivity index (χ1n) is 3.65. The monoisotopic (exact) mass is 212 g/mol. The average Bonchev–Trinajstić information content (AvgIpc) is 2.17. The van der Waals surface area contributed by atoms with E-state index in [2.05, 4.69) is 9.84 Å². The van der Waals surface area contributed by atoms with Gasteiger partial charge in [0.1, 0.15) is 0 Å². The standard InChI is InChI=1S/C9H3F3N2O/c1-13-8-3-2-6(14-5-15)4-7(8)9(10,11)12/h2-4H. The van der Waals surface area contributed by atoms with Gasteiger partial charge in [0.15, 0.2) is 5.69 Å². The first-order chi connectivity index (χ1) is 6.99. The topological polar surface area (TPSA) is 33.8 Å². The number of aliphatic imine (C=N–C) groups is 1. The number of isocyanates is 1. The van der Waals surface area contributed by atoms with Gasteiger partial charge < -0.3 is 0 Å². The Hall–Kier alpha value is -2.12. The van der Waals surface area contributed by atoms with E-state index in [0.717, 1.165) is 18.2 Å². The maximum atomic E-state index is 12.4. The molecule has 0 saturated heterocycles. The second kappa shape index (κ2) is 3.95. The molecule has 15 heavy (non-hydrogen) atoms. The maximum Gasteiger partial charge on any atom is 0.407 e. The van der Waals surface area contributed by atoms with Gasteiger partial charge in [0.05, 0.1) is 17.8 Å². The molecule has 0 aliphatic rings. The number of halogens is 3. The van der Waals surface area contributed by atoms with E-state index in [0.29, 0.717) is 6.07 Å². The van der Waals surface area contributed by atoms with Crippen molar-refractivity contribution in [2.75, 3.05) is 0 Å². The van der Waals surface area contributed by atoms with Crippen molar-refractivity contribution in [3.63, 3.8) is 0 Å². The van der Waals surface area contributed by atoms with Gasteiger partial charge in [0.25, 0.3) is 0 Å². The molecule has 6 heteroatoms. The van der Waals surface area contributed by atoms with E-state index >= 15 is 0 Å². The third-order valence-electron chi connectivity index (χ3n) is 1.58. The van der Waals surface area contributed by atoms with Crippen molar-refractivity contribution in [2.24, 2.45) is 4.99 Å². The maximum absolute atomic E-state index is 12.4. The summed E-state index contributed by atoms with van der Waals surface area (Å²) < 4.78 is 37.1. The van der Waals surface area contributed by atoms with Crippen LogP contribution in [-0.4, -0.2) is 6.08 Å². The number of hydrogen-bond acceptors (Lipinski definition) is 2. The summed E-state index contributed by atoms with van der Waals surface area (Å²) in [6.07, 6.45) is -3.50. The number of benzene rings is 1. The van der Waals surface area contributed by atoms with Crippen LogP contribution in [-0.2, 0) is 11.0 Å². The lowest BCUT2D eigenvalue weighted by atomic mass is 10.1. The van der Waals surface area contributed by atoms with Crippen molar-refractivity contribution in [3.8, 4) is 0 Å². The van der Waals surface area contributed by atoms with Crippen LogP contribution in [0.15, 0.2) is 23.2 Å². The van der Waals surface area contributed by atoms with Crippen LogP contribution in [0.3, 0.4) is 0 Å². The predicted molar refractivity (Wildman–Crippen MR) is 45.5 cm³/mol. The molecule has 76 valence electrons. The second-order valence-corrected chi connectivity index (χ2v) is 2.51. The molecule has 0 N–H and O–H groups in total. The lowest BCUT2D eigenvalue weighted by molar-refractivity contribution is -0.136. The van der Waals surface area contributed by atoms with Crippen LogP contribution in [0.5, 0.6) is 0 Å². The summed E-state index contributed by atoms with van der Waals surface area (Å²) in [6.45, 7) is 6.55. The molecule has 0 bridgehead atoms. The number of alkyl halides is 3. The van der Waals surface area contributed by atoms with Gasteiger partial charge in [-0.3, -0.25) is 0 Å². The Bertz CT molecular complexity index is 467. The number of nitrogens with zero attached hydrogens (tertiary/aromatic N) is 2. The first kappa shape index (κ1) is 11.0. The van der Waals surface area contributed by atoms with Crippen molar-refractivity contribution in [2.45, 2.75) is 6.18 Å². The molecule has 0 aromatic heterocycles. The molecule has 1 rings (SSSR count). The lowest BCUT2D eigenvalue weighted by Crippen LogP contribution is -2.04. The predicted octanol–water partition coefficient (Wildman–Crippen LogP) is 3.22. The number of carbonyl (C=O) groups excluding carboxylic acids is 1. The zero-order chi connectivity index (χ0) is 11.5. The molecule has 0 aliphatic carbocycles. The van der Waals surface area contributed by atoms with Gasteiger partial charge in [-0.25, -0.2) is 9.64 Å². The summed E-state index contributed by atoms with van der Waals surface area (Å²) in [5, 5.41) is 0. The lowest BCUT2D eigenvalue weighted by Gasteiger charge is -2.08. The molecule has 0 spiro atoms. The summed E-state index contributed by atoms with van der Waals surface area (Å²) >= 11 is 0. The Balaban J connectivity index is 3.40.